The topological polar surface area (TPSA) is 62.2 Å². The molecule has 176 valence electrons. The zero-order valence-electron chi connectivity index (χ0n) is 19.4. The predicted octanol–water partition coefficient (Wildman–Crippen LogP) is 8.09. The van der Waals surface area contributed by atoms with Crippen molar-refractivity contribution >= 4 is 45.0 Å². The summed E-state index contributed by atoms with van der Waals surface area (Å²) in [5, 5.41) is 12.7. The lowest BCUT2D eigenvalue weighted by Crippen LogP contribution is -2.15. The van der Waals surface area contributed by atoms with Crippen LogP contribution in [0.3, 0.4) is 0 Å². The van der Waals surface area contributed by atoms with Crippen LogP contribution in [0.25, 0.3) is 21.3 Å². The number of thiazole rings is 1. The van der Waals surface area contributed by atoms with Crippen LogP contribution in [0.1, 0.15) is 44.6 Å². The fraction of sp³-hybridized carbons (Fsp3) is 0.286. The molecule has 4 rings (SSSR count). The molecule has 0 aliphatic rings. The highest BCUT2D eigenvalue weighted by Gasteiger charge is 2.20. The molecule has 0 aliphatic carbocycles. The van der Waals surface area contributed by atoms with Crippen LogP contribution in [-0.2, 0) is 11.3 Å². The van der Waals surface area contributed by atoms with E-state index >= 15 is 0 Å². The van der Waals surface area contributed by atoms with Crippen molar-refractivity contribution in [3.05, 3.63) is 78.4 Å². The number of rotatable bonds is 12. The molecule has 2 N–H and O–H groups in total. The summed E-state index contributed by atoms with van der Waals surface area (Å²) in [7, 11) is 0. The predicted molar refractivity (Wildman–Crippen MR) is 145 cm³/mol. The number of carboxylic acids is 1. The Bertz CT molecular complexity index is 1210. The molecular weight excluding hydrogens is 460 g/mol. The second-order valence-electron chi connectivity index (χ2n) is 8.37. The number of anilines is 1. The summed E-state index contributed by atoms with van der Waals surface area (Å²) >= 11 is 2.95. The minimum absolute atomic E-state index is 0.436. The Balaban J connectivity index is 1.36. The lowest BCUT2D eigenvalue weighted by atomic mass is 10.0. The summed E-state index contributed by atoms with van der Waals surface area (Å²) in [5.74, 6) is -0.749. The maximum Gasteiger partial charge on any atom is 0.317 e. The van der Waals surface area contributed by atoms with Crippen molar-refractivity contribution in [1.82, 2.24) is 4.98 Å². The smallest absolute Gasteiger partial charge is 0.317 e. The molecule has 0 radical (unpaired) electrons. The lowest BCUT2D eigenvalue weighted by molar-refractivity contribution is -0.136. The van der Waals surface area contributed by atoms with E-state index < -0.39 is 11.2 Å². The van der Waals surface area contributed by atoms with Gasteiger partial charge in [-0.25, -0.2) is 4.98 Å². The number of hydrogen-bond donors (Lipinski definition) is 2. The molecule has 1 atom stereocenters. The summed E-state index contributed by atoms with van der Waals surface area (Å²) in [6, 6.07) is 25.2. The van der Waals surface area contributed by atoms with Crippen LogP contribution in [0.4, 0.5) is 5.69 Å². The summed E-state index contributed by atoms with van der Waals surface area (Å²) in [6.45, 7) is 2.90. The first-order valence-electron chi connectivity index (χ1n) is 11.8. The molecule has 0 fully saturated rings. The first-order chi connectivity index (χ1) is 16.6. The van der Waals surface area contributed by atoms with Gasteiger partial charge in [-0.3, -0.25) is 4.79 Å². The molecule has 0 saturated heterocycles. The van der Waals surface area contributed by atoms with E-state index in [1.54, 1.807) is 11.3 Å². The molecule has 4 aromatic rings. The zero-order chi connectivity index (χ0) is 23.8. The third-order valence-electron chi connectivity index (χ3n) is 5.76. The summed E-state index contributed by atoms with van der Waals surface area (Å²) in [6.07, 6.45) is 5.03. The fourth-order valence-electron chi connectivity index (χ4n) is 3.82. The Labute approximate surface area is 209 Å². The van der Waals surface area contributed by atoms with Crippen LogP contribution >= 0.6 is 23.1 Å². The van der Waals surface area contributed by atoms with Gasteiger partial charge in [0, 0.05) is 12.2 Å². The number of carbonyl (C=O) groups is 1. The van der Waals surface area contributed by atoms with E-state index in [0.29, 0.717) is 6.42 Å². The summed E-state index contributed by atoms with van der Waals surface area (Å²) in [4.78, 5) is 16.4. The number of unbranched alkanes of at least 4 members (excludes halogenated alkanes) is 3. The van der Waals surface area contributed by atoms with Gasteiger partial charge in [0.25, 0.3) is 0 Å². The zero-order valence-corrected chi connectivity index (χ0v) is 21.0. The SMILES string of the molecule is CCCCCCC(Sc1nc2ccc(NCc3ccc(-c4ccccc4)cc3)cc2s1)C(=O)O. The minimum atomic E-state index is -0.749. The Morgan fingerprint density at radius 3 is 2.50 bits per heavy atom. The van der Waals surface area contributed by atoms with Crippen molar-refractivity contribution in [3.63, 3.8) is 0 Å². The number of benzene rings is 3. The third kappa shape index (κ3) is 6.61. The van der Waals surface area contributed by atoms with Crippen molar-refractivity contribution in [2.75, 3.05) is 5.32 Å². The standard InChI is InChI=1S/C28H30N2O2S2/c1-2-3-4-8-11-25(27(31)32)33-28-30-24-17-16-23(18-26(24)34-28)29-19-20-12-14-22(15-13-20)21-9-6-5-7-10-21/h5-7,9-10,12-18,25,29H,2-4,8,11,19H2,1H3,(H,31,32). The average molecular weight is 491 g/mol. The molecule has 1 heterocycles. The van der Waals surface area contributed by atoms with Gasteiger partial charge in [0.2, 0.25) is 0 Å². The highest BCUT2D eigenvalue weighted by molar-refractivity contribution is 8.02. The minimum Gasteiger partial charge on any atom is -0.480 e. The Hall–Kier alpha value is -2.83. The van der Waals surface area contributed by atoms with Gasteiger partial charge < -0.3 is 10.4 Å². The summed E-state index contributed by atoms with van der Waals surface area (Å²) < 4.78 is 1.90. The van der Waals surface area contributed by atoms with Gasteiger partial charge in [-0.15, -0.1) is 11.3 Å². The van der Waals surface area contributed by atoms with E-state index in [4.69, 9.17) is 0 Å². The van der Waals surface area contributed by atoms with Gasteiger partial charge in [0.1, 0.15) is 5.25 Å². The number of nitrogens with one attached hydrogen (secondary N) is 1. The van der Waals surface area contributed by atoms with Crippen LogP contribution in [0, 0.1) is 0 Å². The quantitative estimate of drug-likeness (QED) is 0.155. The second-order valence-corrected chi connectivity index (χ2v) is 10.9. The van der Waals surface area contributed by atoms with Crippen LogP contribution in [0.5, 0.6) is 0 Å². The third-order valence-corrected chi connectivity index (χ3v) is 8.13. The Kier molecular flexibility index (Phi) is 8.61. The van der Waals surface area contributed by atoms with E-state index in [0.717, 1.165) is 52.5 Å². The molecule has 34 heavy (non-hydrogen) atoms. The highest BCUT2D eigenvalue weighted by Crippen LogP contribution is 2.35. The van der Waals surface area contributed by atoms with Crippen molar-refractivity contribution in [2.24, 2.45) is 0 Å². The Morgan fingerprint density at radius 1 is 1.00 bits per heavy atom. The molecule has 6 heteroatoms. The summed E-state index contributed by atoms with van der Waals surface area (Å²) in [5.41, 5.74) is 5.60. The van der Waals surface area contributed by atoms with E-state index in [1.807, 2.05) is 18.2 Å². The fourth-order valence-corrected chi connectivity index (χ4v) is 6.15. The van der Waals surface area contributed by atoms with E-state index in [-0.39, 0.29) is 0 Å². The van der Waals surface area contributed by atoms with Gasteiger partial charge in [-0.05, 0) is 41.3 Å². The normalized spacial score (nSPS) is 12.0. The molecule has 0 spiro atoms. The van der Waals surface area contributed by atoms with Gasteiger partial charge in [0.15, 0.2) is 4.34 Å². The van der Waals surface area contributed by atoms with Crippen molar-refractivity contribution in [2.45, 2.75) is 55.2 Å². The molecule has 3 aromatic carbocycles. The van der Waals surface area contributed by atoms with Crippen molar-refractivity contribution in [3.8, 4) is 11.1 Å². The van der Waals surface area contributed by atoms with Gasteiger partial charge >= 0.3 is 5.97 Å². The van der Waals surface area contributed by atoms with Crippen LogP contribution in [0.15, 0.2) is 77.1 Å². The monoisotopic (exact) mass is 490 g/mol. The number of aliphatic carboxylic acids is 1. The number of fused-ring (bicyclic) bond motifs is 1. The molecular formula is C28H30N2O2S2. The largest absolute Gasteiger partial charge is 0.480 e. The molecule has 0 amide bonds. The molecule has 1 unspecified atom stereocenters. The number of aromatic nitrogens is 1. The van der Waals surface area contributed by atoms with E-state index in [2.05, 4.69) is 71.8 Å². The highest BCUT2D eigenvalue weighted by atomic mass is 32.2. The van der Waals surface area contributed by atoms with Gasteiger partial charge in [-0.1, -0.05) is 99.0 Å². The molecule has 0 bridgehead atoms. The average Bonchev–Trinajstić information content (AvgIpc) is 3.27. The molecule has 1 aromatic heterocycles. The van der Waals surface area contributed by atoms with Crippen LogP contribution in [0.2, 0.25) is 0 Å². The van der Waals surface area contributed by atoms with Gasteiger partial charge in [-0.2, -0.15) is 0 Å². The number of hydrogen-bond acceptors (Lipinski definition) is 5. The van der Waals surface area contributed by atoms with Gasteiger partial charge in [0.05, 0.1) is 10.2 Å². The first-order valence-corrected chi connectivity index (χ1v) is 13.5. The maximum atomic E-state index is 11.7. The first kappa shape index (κ1) is 24.3. The molecule has 0 saturated carbocycles. The van der Waals surface area contributed by atoms with Crippen LogP contribution in [-0.4, -0.2) is 21.3 Å². The number of nitrogens with zero attached hydrogens (tertiary/aromatic N) is 1. The lowest BCUT2D eigenvalue weighted by Gasteiger charge is -2.09. The maximum absolute atomic E-state index is 11.7. The van der Waals surface area contributed by atoms with E-state index in [1.165, 1.54) is 28.5 Å². The van der Waals surface area contributed by atoms with Crippen molar-refractivity contribution < 1.29 is 9.90 Å². The number of carboxylic acid groups (broad SMARTS) is 1. The number of thioether (sulfide) groups is 1. The molecule has 0 aliphatic heterocycles. The molecule has 4 nitrogen and oxygen atoms in total. The second kappa shape index (κ2) is 12.0. The Morgan fingerprint density at radius 2 is 1.76 bits per heavy atom. The van der Waals surface area contributed by atoms with E-state index in [9.17, 15) is 9.90 Å². The van der Waals surface area contributed by atoms with Crippen LogP contribution < -0.4 is 5.32 Å². The van der Waals surface area contributed by atoms with Crippen molar-refractivity contribution in [1.29, 1.82) is 0 Å².